The first-order chi connectivity index (χ1) is 2.91. The fraction of sp³-hybridized carbons (Fsp3) is 0.500. The molecule has 0 amide bonds. The molecule has 0 aliphatic rings. The van der Waals surface area contributed by atoms with E-state index >= 15 is 0 Å². The molecule has 0 fully saturated rings. The lowest BCUT2D eigenvalue weighted by Crippen LogP contribution is -1.97. The Morgan fingerprint density at radius 2 is 2.50 bits per heavy atom. The molecule has 0 saturated heterocycles. The van der Waals surface area contributed by atoms with E-state index < -0.39 is 0 Å². The number of rotatable bonds is 3. The van der Waals surface area contributed by atoms with E-state index in [1.165, 1.54) is 7.11 Å². The molecule has 0 N–H and O–H groups in total. The highest BCUT2D eigenvalue weighted by Gasteiger charge is 1.82. The lowest BCUT2D eigenvalue weighted by molar-refractivity contribution is -0.121. The molecule has 0 spiro atoms. The van der Waals surface area contributed by atoms with Gasteiger partial charge in [0.25, 0.3) is 6.47 Å². The largest absolute Gasteiger partial charge is 0.573 e. The van der Waals surface area contributed by atoms with E-state index in [1.54, 1.807) is 0 Å². The van der Waals surface area contributed by atoms with Crippen LogP contribution in [0.5, 0.6) is 0 Å². The SMILES string of the molecule is CO[B]OC=O. The van der Waals surface area contributed by atoms with E-state index in [2.05, 4.69) is 9.31 Å². The Balaban J connectivity index is 2.49. The number of hydrogen-bond donors (Lipinski definition) is 0. The first kappa shape index (κ1) is 5.49. The summed E-state index contributed by atoms with van der Waals surface area (Å²) in [7, 11) is 2.33. The monoisotopic (exact) mass is 87.0 g/mol. The zero-order valence-corrected chi connectivity index (χ0v) is 3.38. The molecule has 6 heavy (non-hydrogen) atoms. The molecule has 3 nitrogen and oxygen atoms in total. The van der Waals surface area contributed by atoms with Gasteiger partial charge in [-0.2, -0.15) is 0 Å². The topological polar surface area (TPSA) is 35.5 Å². The van der Waals surface area contributed by atoms with E-state index in [4.69, 9.17) is 0 Å². The van der Waals surface area contributed by atoms with Crippen LogP contribution in [0.15, 0.2) is 0 Å². The summed E-state index contributed by atoms with van der Waals surface area (Å²) in [6, 6.07) is 0. The van der Waals surface area contributed by atoms with Crippen LogP contribution in [-0.4, -0.2) is 21.3 Å². The Labute approximate surface area is 36.5 Å². The molecular weight excluding hydrogens is 82.8 g/mol. The van der Waals surface area contributed by atoms with Gasteiger partial charge >= 0.3 is 7.69 Å². The van der Waals surface area contributed by atoms with Crippen molar-refractivity contribution in [1.29, 1.82) is 0 Å². The van der Waals surface area contributed by atoms with Crippen molar-refractivity contribution >= 4 is 14.2 Å². The van der Waals surface area contributed by atoms with Gasteiger partial charge in [-0.3, -0.25) is 4.79 Å². The maximum Gasteiger partial charge on any atom is 0.573 e. The highest BCUT2D eigenvalue weighted by atomic mass is 16.6. The second-order valence-electron chi connectivity index (χ2n) is 0.564. The van der Waals surface area contributed by atoms with Crippen molar-refractivity contribution in [3.8, 4) is 0 Å². The van der Waals surface area contributed by atoms with E-state index in [9.17, 15) is 4.79 Å². The maximum atomic E-state index is 9.23. The van der Waals surface area contributed by atoms with Crippen LogP contribution in [0.1, 0.15) is 0 Å². The molecule has 0 bridgehead atoms. The van der Waals surface area contributed by atoms with Crippen molar-refractivity contribution in [2.45, 2.75) is 0 Å². The van der Waals surface area contributed by atoms with Crippen LogP contribution in [0.25, 0.3) is 0 Å². The predicted molar refractivity (Wildman–Crippen MR) is 19.9 cm³/mol. The molecular formula is C2H4BO3. The van der Waals surface area contributed by atoms with Crippen LogP contribution >= 0.6 is 0 Å². The summed E-state index contributed by atoms with van der Waals surface area (Å²) in [6.07, 6.45) is 0. The molecule has 0 atom stereocenters. The minimum atomic E-state index is 0.281. The predicted octanol–water partition coefficient (Wildman–Crippen LogP) is -0.660. The third-order valence-electron chi connectivity index (χ3n) is 0.207. The van der Waals surface area contributed by atoms with Gasteiger partial charge in [-0.25, -0.2) is 0 Å². The number of carbonyl (C=O) groups is 1. The van der Waals surface area contributed by atoms with Gasteiger partial charge in [0.1, 0.15) is 0 Å². The highest BCUT2D eigenvalue weighted by Crippen LogP contribution is 1.57. The van der Waals surface area contributed by atoms with Gasteiger partial charge < -0.3 is 9.31 Å². The first-order valence-corrected chi connectivity index (χ1v) is 1.35. The molecule has 33 valence electrons. The normalized spacial score (nSPS) is 6.83. The Kier molecular flexibility index (Phi) is 4.12. The minimum Gasteiger partial charge on any atom is -0.513 e. The van der Waals surface area contributed by atoms with Crippen LogP contribution in [0, 0.1) is 0 Å². The third-order valence-corrected chi connectivity index (χ3v) is 0.207. The van der Waals surface area contributed by atoms with Crippen molar-refractivity contribution in [2.75, 3.05) is 7.11 Å². The molecule has 0 aromatic rings. The molecule has 0 aromatic carbocycles. The summed E-state index contributed by atoms with van der Waals surface area (Å²) in [4.78, 5) is 9.23. The fourth-order valence-electron chi connectivity index (χ4n) is 0.0782. The Bertz CT molecular complexity index is 37.8. The zero-order valence-electron chi connectivity index (χ0n) is 3.38. The van der Waals surface area contributed by atoms with E-state index in [0.717, 1.165) is 7.69 Å². The van der Waals surface area contributed by atoms with Gasteiger partial charge in [0.05, 0.1) is 0 Å². The fourth-order valence-corrected chi connectivity index (χ4v) is 0.0782. The van der Waals surface area contributed by atoms with Crippen LogP contribution in [0.4, 0.5) is 0 Å². The minimum absolute atomic E-state index is 0.281. The standard InChI is InChI=1S/C2H4BO3/c1-5-3-6-2-4/h2H,1H3. The summed E-state index contributed by atoms with van der Waals surface area (Å²) in [5.41, 5.74) is 0. The second-order valence-corrected chi connectivity index (χ2v) is 0.564. The van der Waals surface area contributed by atoms with Crippen molar-refractivity contribution in [1.82, 2.24) is 0 Å². The van der Waals surface area contributed by atoms with Gasteiger partial charge in [-0.15, -0.1) is 0 Å². The smallest absolute Gasteiger partial charge is 0.513 e. The molecule has 0 aliphatic heterocycles. The van der Waals surface area contributed by atoms with Gasteiger partial charge in [-0.05, 0) is 0 Å². The molecule has 0 saturated carbocycles. The van der Waals surface area contributed by atoms with Crippen LogP contribution in [-0.2, 0) is 14.1 Å². The van der Waals surface area contributed by atoms with E-state index in [1.807, 2.05) is 0 Å². The quantitative estimate of drug-likeness (QED) is 0.260. The summed E-state index contributed by atoms with van der Waals surface area (Å²) in [5.74, 6) is 0. The molecule has 1 radical (unpaired) electrons. The van der Waals surface area contributed by atoms with Gasteiger partial charge in [0.2, 0.25) is 0 Å². The van der Waals surface area contributed by atoms with Crippen molar-refractivity contribution in [2.24, 2.45) is 0 Å². The maximum absolute atomic E-state index is 9.23. The van der Waals surface area contributed by atoms with E-state index in [-0.39, 0.29) is 6.47 Å². The summed E-state index contributed by atoms with van der Waals surface area (Å²) in [5, 5.41) is 0. The van der Waals surface area contributed by atoms with Crippen molar-refractivity contribution < 1.29 is 14.1 Å². The Morgan fingerprint density at radius 1 is 1.83 bits per heavy atom. The Morgan fingerprint density at radius 3 is 2.67 bits per heavy atom. The summed E-state index contributed by atoms with van der Waals surface area (Å²) in [6.45, 7) is 0.281. The molecule has 0 aromatic heterocycles. The zero-order chi connectivity index (χ0) is 4.83. The van der Waals surface area contributed by atoms with Crippen LogP contribution in [0.2, 0.25) is 0 Å². The third kappa shape index (κ3) is 3.49. The first-order valence-electron chi connectivity index (χ1n) is 1.35. The number of hydrogen-bond acceptors (Lipinski definition) is 3. The molecule has 4 heteroatoms. The van der Waals surface area contributed by atoms with Crippen LogP contribution < -0.4 is 0 Å². The van der Waals surface area contributed by atoms with Crippen molar-refractivity contribution in [3.63, 3.8) is 0 Å². The van der Waals surface area contributed by atoms with E-state index in [0.29, 0.717) is 0 Å². The molecule has 0 heterocycles. The van der Waals surface area contributed by atoms with Gasteiger partial charge in [-0.1, -0.05) is 0 Å². The average Bonchev–Trinajstić information content (AvgIpc) is 1.61. The average molecular weight is 86.9 g/mol. The van der Waals surface area contributed by atoms with Crippen LogP contribution in [0.3, 0.4) is 0 Å². The Hall–Kier alpha value is -0.505. The summed E-state index contributed by atoms with van der Waals surface area (Å²) < 4.78 is 8.16. The number of carbonyl (C=O) groups excluding carboxylic acids is 1. The molecule has 0 rings (SSSR count). The summed E-state index contributed by atoms with van der Waals surface area (Å²) >= 11 is 0. The van der Waals surface area contributed by atoms with Crippen molar-refractivity contribution in [3.05, 3.63) is 0 Å². The molecule has 0 unspecified atom stereocenters. The van der Waals surface area contributed by atoms with Gasteiger partial charge in [0, 0.05) is 7.11 Å². The lowest BCUT2D eigenvalue weighted by atomic mass is 10.4. The van der Waals surface area contributed by atoms with Gasteiger partial charge in [0.15, 0.2) is 0 Å². The second kappa shape index (κ2) is 4.49. The highest BCUT2D eigenvalue weighted by molar-refractivity contribution is 6.20. The lowest BCUT2D eigenvalue weighted by Gasteiger charge is -1.84. The molecule has 0 aliphatic carbocycles.